The zero-order valence-electron chi connectivity index (χ0n) is 15.7. The molecule has 0 fully saturated rings. The van der Waals surface area contributed by atoms with E-state index in [4.69, 9.17) is 21.3 Å². The molecule has 146 valence electrons. The summed E-state index contributed by atoms with van der Waals surface area (Å²) in [5, 5.41) is 5.17. The number of methoxy groups -OCH3 is 1. The number of ether oxygens (including phenoxy) is 1. The molecular weight excluding hydrogens is 408 g/mol. The maximum Gasteiger partial charge on any atom is 0.275 e. The van der Waals surface area contributed by atoms with Gasteiger partial charge in [0.2, 0.25) is 0 Å². The van der Waals surface area contributed by atoms with Crippen LogP contribution in [0.1, 0.15) is 10.5 Å². The van der Waals surface area contributed by atoms with Gasteiger partial charge in [0.25, 0.3) is 5.91 Å². The van der Waals surface area contributed by atoms with Crippen LogP contribution in [0.25, 0.3) is 22.6 Å². The smallest absolute Gasteiger partial charge is 0.275 e. The normalized spacial score (nSPS) is 10.7. The second-order valence-electron chi connectivity index (χ2n) is 6.31. The summed E-state index contributed by atoms with van der Waals surface area (Å²) in [4.78, 5) is 20.9. The molecular formula is C21H17ClN4O2S. The Balaban J connectivity index is 1.60. The van der Waals surface area contributed by atoms with Gasteiger partial charge in [0.05, 0.1) is 18.3 Å². The summed E-state index contributed by atoms with van der Waals surface area (Å²) in [7, 11) is 3.55. The topological polar surface area (TPSA) is 69.0 Å². The minimum absolute atomic E-state index is 0.230. The number of carbonyl (C=O) groups excluding carboxylic acids is 1. The van der Waals surface area contributed by atoms with Crippen LogP contribution in [-0.2, 0) is 7.05 Å². The van der Waals surface area contributed by atoms with Crippen LogP contribution in [0.3, 0.4) is 0 Å². The first-order valence-corrected chi connectivity index (χ1v) is 10.0. The molecule has 6 nitrogen and oxygen atoms in total. The number of benzene rings is 2. The number of nitrogens with one attached hydrogen (secondary N) is 1. The molecule has 0 unspecified atom stereocenters. The summed E-state index contributed by atoms with van der Waals surface area (Å²) in [5.74, 6) is 1.27. The lowest BCUT2D eigenvalue weighted by molar-refractivity contribution is 0.102. The van der Waals surface area contributed by atoms with Gasteiger partial charge < -0.3 is 14.6 Å². The van der Waals surface area contributed by atoms with Crippen molar-refractivity contribution in [2.45, 2.75) is 0 Å². The number of amides is 1. The van der Waals surface area contributed by atoms with Crippen LogP contribution in [-0.4, -0.2) is 27.6 Å². The molecule has 0 saturated carbocycles. The number of hydrogen-bond acceptors (Lipinski definition) is 5. The van der Waals surface area contributed by atoms with Gasteiger partial charge in [-0.25, -0.2) is 9.97 Å². The molecule has 8 heteroatoms. The third-order valence-corrected chi connectivity index (χ3v) is 5.20. The fourth-order valence-electron chi connectivity index (χ4n) is 2.97. The summed E-state index contributed by atoms with van der Waals surface area (Å²) in [6.45, 7) is 0. The number of aromatic nitrogens is 3. The van der Waals surface area contributed by atoms with Crippen molar-refractivity contribution in [1.82, 2.24) is 14.5 Å². The monoisotopic (exact) mass is 424 g/mol. The summed E-state index contributed by atoms with van der Waals surface area (Å²) in [6, 6.07) is 13.0. The first-order chi connectivity index (χ1) is 14.0. The van der Waals surface area contributed by atoms with Crippen molar-refractivity contribution in [2.24, 2.45) is 7.05 Å². The van der Waals surface area contributed by atoms with E-state index in [0.29, 0.717) is 22.2 Å². The molecule has 2 heterocycles. The Labute approximate surface area is 176 Å². The number of anilines is 1. The van der Waals surface area contributed by atoms with Crippen LogP contribution in [0.4, 0.5) is 5.69 Å². The summed E-state index contributed by atoms with van der Waals surface area (Å²) < 4.78 is 7.38. The number of imidazole rings is 1. The summed E-state index contributed by atoms with van der Waals surface area (Å²) in [6.07, 6.45) is 1.93. The SMILES string of the molecule is COc1ccc(Cl)cc1-c1cn(C)c(-c2ccc(NC(=O)c3cscn3)cc2)n1. The quantitative estimate of drug-likeness (QED) is 0.482. The third-order valence-electron chi connectivity index (χ3n) is 4.38. The molecule has 29 heavy (non-hydrogen) atoms. The van der Waals surface area contributed by atoms with Crippen molar-refractivity contribution in [3.05, 3.63) is 70.3 Å². The Morgan fingerprint density at radius 3 is 2.69 bits per heavy atom. The van der Waals surface area contributed by atoms with Crippen molar-refractivity contribution in [3.63, 3.8) is 0 Å². The summed E-state index contributed by atoms with van der Waals surface area (Å²) >= 11 is 7.54. The molecule has 1 N–H and O–H groups in total. The first kappa shape index (κ1) is 19.2. The van der Waals surface area contributed by atoms with Crippen molar-refractivity contribution >= 4 is 34.5 Å². The van der Waals surface area contributed by atoms with Gasteiger partial charge in [-0.15, -0.1) is 11.3 Å². The molecule has 4 rings (SSSR count). The fourth-order valence-corrected chi connectivity index (χ4v) is 3.67. The number of aryl methyl sites for hydroxylation is 1. The predicted octanol–water partition coefficient (Wildman–Crippen LogP) is 5.12. The van der Waals surface area contributed by atoms with E-state index in [2.05, 4.69) is 10.3 Å². The Bertz CT molecular complexity index is 1150. The largest absolute Gasteiger partial charge is 0.496 e. The van der Waals surface area contributed by atoms with Crippen LogP contribution >= 0.6 is 22.9 Å². The van der Waals surface area contributed by atoms with Crippen LogP contribution in [0.2, 0.25) is 5.02 Å². The molecule has 0 saturated heterocycles. The zero-order chi connectivity index (χ0) is 20.4. The number of thiazole rings is 1. The standard InChI is InChI=1S/C21H17ClN4O2S/c1-26-10-17(16-9-14(22)5-8-19(16)28-2)25-20(26)13-3-6-15(7-4-13)24-21(27)18-11-29-12-23-18/h3-12H,1-2H3,(H,24,27). The minimum atomic E-state index is -0.230. The predicted molar refractivity (Wildman–Crippen MR) is 116 cm³/mol. The van der Waals surface area contributed by atoms with Crippen LogP contribution in [0, 0.1) is 0 Å². The van der Waals surface area contributed by atoms with Gasteiger partial charge in [-0.05, 0) is 42.5 Å². The van der Waals surface area contributed by atoms with E-state index in [1.807, 2.05) is 54.2 Å². The van der Waals surface area contributed by atoms with E-state index >= 15 is 0 Å². The van der Waals surface area contributed by atoms with E-state index in [9.17, 15) is 4.79 Å². The van der Waals surface area contributed by atoms with E-state index in [0.717, 1.165) is 22.6 Å². The zero-order valence-corrected chi connectivity index (χ0v) is 17.3. The molecule has 2 aromatic carbocycles. The highest BCUT2D eigenvalue weighted by molar-refractivity contribution is 7.07. The Morgan fingerprint density at radius 2 is 2.00 bits per heavy atom. The van der Waals surface area contributed by atoms with Crippen LogP contribution in [0.15, 0.2) is 59.6 Å². The molecule has 0 aliphatic carbocycles. The van der Waals surface area contributed by atoms with Gasteiger partial charge in [0.15, 0.2) is 0 Å². The second-order valence-corrected chi connectivity index (χ2v) is 7.47. The number of nitrogens with zero attached hydrogens (tertiary/aromatic N) is 3. The van der Waals surface area contributed by atoms with Gasteiger partial charge in [0, 0.05) is 40.5 Å². The van der Waals surface area contributed by atoms with Gasteiger partial charge in [-0.2, -0.15) is 0 Å². The van der Waals surface area contributed by atoms with E-state index in [1.165, 1.54) is 11.3 Å². The second kappa shape index (κ2) is 8.06. The van der Waals surface area contributed by atoms with Gasteiger partial charge in [-0.1, -0.05) is 11.6 Å². The van der Waals surface area contributed by atoms with Gasteiger partial charge in [0.1, 0.15) is 17.3 Å². The van der Waals surface area contributed by atoms with E-state index in [1.54, 1.807) is 24.1 Å². The molecule has 0 atom stereocenters. The van der Waals surface area contributed by atoms with Crippen molar-refractivity contribution in [3.8, 4) is 28.4 Å². The van der Waals surface area contributed by atoms with Crippen molar-refractivity contribution < 1.29 is 9.53 Å². The fraction of sp³-hybridized carbons (Fsp3) is 0.0952. The molecule has 4 aromatic rings. The maximum atomic E-state index is 12.1. The highest BCUT2D eigenvalue weighted by Gasteiger charge is 2.14. The molecule has 0 spiro atoms. The number of halogens is 1. The van der Waals surface area contributed by atoms with Crippen molar-refractivity contribution in [2.75, 3.05) is 12.4 Å². The van der Waals surface area contributed by atoms with E-state index in [-0.39, 0.29) is 5.91 Å². The first-order valence-electron chi connectivity index (χ1n) is 8.72. The van der Waals surface area contributed by atoms with Gasteiger partial charge >= 0.3 is 0 Å². The number of hydrogen-bond donors (Lipinski definition) is 1. The minimum Gasteiger partial charge on any atom is -0.496 e. The molecule has 0 aliphatic heterocycles. The van der Waals surface area contributed by atoms with E-state index < -0.39 is 0 Å². The maximum absolute atomic E-state index is 12.1. The third kappa shape index (κ3) is 4.01. The molecule has 0 bridgehead atoms. The molecule has 2 aromatic heterocycles. The average Bonchev–Trinajstić information content (AvgIpc) is 3.39. The summed E-state index contributed by atoms with van der Waals surface area (Å²) in [5.41, 5.74) is 5.25. The molecule has 0 aliphatic rings. The highest BCUT2D eigenvalue weighted by atomic mass is 35.5. The lowest BCUT2D eigenvalue weighted by Crippen LogP contribution is -2.11. The molecule has 1 amide bonds. The lowest BCUT2D eigenvalue weighted by Gasteiger charge is -2.06. The lowest BCUT2D eigenvalue weighted by atomic mass is 10.1. The van der Waals surface area contributed by atoms with Crippen molar-refractivity contribution in [1.29, 1.82) is 0 Å². The Kier molecular flexibility index (Phi) is 5.33. The average molecular weight is 425 g/mol. The van der Waals surface area contributed by atoms with Gasteiger partial charge in [-0.3, -0.25) is 4.79 Å². The Hall–Kier alpha value is -3.16. The van der Waals surface area contributed by atoms with Crippen LogP contribution in [0.5, 0.6) is 5.75 Å². The Morgan fingerprint density at radius 1 is 1.21 bits per heavy atom. The highest BCUT2D eigenvalue weighted by Crippen LogP contribution is 2.33. The number of rotatable bonds is 5. The number of carbonyl (C=O) groups is 1. The molecule has 0 radical (unpaired) electrons. The van der Waals surface area contributed by atoms with Crippen LogP contribution < -0.4 is 10.1 Å².